The van der Waals surface area contributed by atoms with Crippen LogP contribution in [0.5, 0.6) is 5.75 Å². The summed E-state index contributed by atoms with van der Waals surface area (Å²) < 4.78 is 18.7. The SMILES string of the molecule is CC(C)Oc1cccc(C(=O)c2ccc(F)c(Cl)c2)c1. The minimum absolute atomic E-state index is 0.0283. The summed E-state index contributed by atoms with van der Waals surface area (Å²) in [6.45, 7) is 3.82. The molecule has 0 bridgehead atoms. The Bertz CT molecular complexity index is 638. The Hall–Kier alpha value is -1.87. The standard InChI is InChI=1S/C16H14ClFO2/c1-10(2)20-13-5-3-4-11(8-13)16(19)12-6-7-15(18)14(17)9-12/h3-10H,1-2H3. The van der Waals surface area contributed by atoms with Gasteiger partial charge in [-0.1, -0.05) is 23.7 Å². The van der Waals surface area contributed by atoms with E-state index in [2.05, 4.69) is 0 Å². The Morgan fingerprint density at radius 1 is 1.15 bits per heavy atom. The van der Waals surface area contributed by atoms with E-state index in [1.165, 1.54) is 18.2 Å². The van der Waals surface area contributed by atoms with Gasteiger partial charge in [0.25, 0.3) is 0 Å². The number of halogens is 2. The molecule has 2 aromatic carbocycles. The molecule has 0 radical (unpaired) electrons. The van der Waals surface area contributed by atoms with Crippen LogP contribution in [-0.4, -0.2) is 11.9 Å². The summed E-state index contributed by atoms with van der Waals surface area (Å²) in [5.41, 5.74) is 0.823. The maximum atomic E-state index is 13.1. The van der Waals surface area contributed by atoms with Crippen LogP contribution in [0.3, 0.4) is 0 Å². The van der Waals surface area contributed by atoms with Crippen LogP contribution in [-0.2, 0) is 0 Å². The first kappa shape index (κ1) is 14.5. The second-order valence-electron chi connectivity index (χ2n) is 4.65. The Morgan fingerprint density at radius 3 is 2.50 bits per heavy atom. The van der Waals surface area contributed by atoms with Gasteiger partial charge in [-0.25, -0.2) is 4.39 Å². The molecule has 0 aliphatic heterocycles. The van der Waals surface area contributed by atoms with Gasteiger partial charge in [-0.2, -0.15) is 0 Å². The molecular weight excluding hydrogens is 279 g/mol. The molecule has 20 heavy (non-hydrogen) atoms. The van der Waals surface area contributed by atoms with E-state index < -0.39 is 5.82 Å². The predicted octanol–water partition coefficient (Wildman–Crippen LogP) is 4.50. The molecule has 104 valence electrons. The van der Waals surface area contributed by atoms with E-state index in [4.69, 9.17) is 16.3 Å². The third-order valence-electron chi connectivity index (χ3n) is 2.65. The van der Waals surface area contributed by atoms with Crippen molar-refractivity contribution in [2.24, 2.45) is 0 Å². The number of ether oxygens (including phenoxy) is 1. The summed E-state index contributed by atoms with van der Waals surface area (Å²) >= 11 is 5.69. The lowest BCUT2D eigenvalue weighted by Crippen LogP contribution is -2.07. The average molecular weight is 293 g/mol. The number of carbonyl (C=O) groups excluding carboxylic acids is 1. The second kappa shape index (κ2) is 6.06. The van der Waals surface area contributed by atoms with Crippen molar-refractivity contribution in [3.63, 3.8) is 0 Å². The van der Waals surface area contributed by atoms with Crippen LogP contribution in [0.1, 0.15) is 29.8 Å². The molecule has 0 heterocycles. The minimum atomic E-state index is -0.542. The lowest BCUT2D eigenvalue weighted by atomic mass is 10.0. The molecule has 0 amide bonds. The van der Waals surface area contributed by atoms with Gasteiger partial charge in [-0.3, -0.25) is 4.79 Å². The zero-order valence-electron chi connectivity index (χ0n) is 11.2. The van der Waals surface area contributed by atoms with Crippen molar-refractivity contribution in [1.82, 2.24) is 0 Å². The number of hydrogen-bond acceptors (Lipinski definition) is 2. The topological polar surface area (TPSA) is 26.3 Å². The van der Waals surface area contributed by atoms with Crippen molar-refractivity contribution in [3.05, 3.63) is 64.4 Å². The van der Waals surface area contributed by atoms with Gasteiger partial charge in [0.2, 0.25) is 0 Å². The molecule has 0 spiro atoms. The highest BCUT2D eigenvalue weighted by Crippen LogP contribution is 2.21. The second-order valence-corrected chi connectivity index (χ2v) is 5.06. The highest BCUT2D eigenvalue weighted by atomic mass is 35.5. The van der Waals surface area contributed by atoms with E-state index in [-0.39, 0.29) is 16.9 Å². The zero-order valence-corrected chi connectivity index (χ0v) is 11.9. The van der Waals surface area contributed by atoms with Crippen LogP contribution in [0.4, 0.5) is 4.39 Å². The summed E-state index contributed by atoms with van der Waals surface area (Å²) in [7, 11) is 0. The van der Waals surface area contributed by atoms with Gasteiger partial charge in [0.05, 0.1) is 11.1 Å². The van der Waals surface area contributed by atoms with Crippen molar-refractivity contribution >= 4 is 17.4 Å². The van der Waals surface area contributed by atoms with E-state index in [1.807, 2.05) is 13.8 Å². The summed E-state index contributed by atoms with van der Waals surface area (Å²) in [6, 6.07) is 10.8. The minimum Gasteiger partial charge on any atom is -0.491 e. The molecule has 2 aromatic rings. The fourth-order valence-electron chi connectivity index (χ4n) is 1.79. The number of benzene rings is 2. The third kappa shape index (κ3) is 3.36. The summed E-state index contributed by atoms with van der Waals surface area (Å²) in [4.78, 5) is 12.3. The molecule has 0 atom stereocenters. The zero-order chi connectivity index (χ0) is 14.7. The Morgan fingerprint density at radius 2 is 1.85 bits per heavy atom. The Kier molecular flexibility index (Phi) is 4.40. The van der Waals surface area contributed by atoms with Crippen molar-refractivity contribution in [3.8, 4) is 5.75 Å². The molecule has 0 aromatic heterocycles. The molecule has 0 N–H and O–H groups in total. The van der Waals surface area contributed by atoms with E-state index >= 15 is 0 Å². The molecule has 2 nitrogen and oxygen atoms in total. The molecule has 0 unspecified atom stereocenters. The summed E-state index contributed by atoms with van der Waals surface area (Å²) in [5.74, 6) is -0.139. The number of ketones is 1. The van der Waals surface area contributed by atoms with Gasteiger partial charge >= 0.3 is 0 Å². The third-order valence-corrected chi connectivity index (χ3v) is 2.94. The smallest absolute Gasteiger partial charge is 0.193 e. The highest BCUT2D eigenvalue weighted by molar-refractivity contribution is 6.31. The lowest BCUT2D eigenvalue weighted by Gasteiger charge is -2.10. The van der Waals surface area contributed by atoms with Crippen LogP contribution in [0.2, 0.25) is 5.02 Å². The molecule has 0 aliphatic rings. The van der Waals surface area contributed by atoms with Gasteiger partial charge in [0.15, 0.2) is 5.78 Å². The van der Waals surface area contributed by atoms with Gasteiger partial charge in [-0.15, -0.1) is 0 Å². The normalized spacial score (nSPS) is 10.7. The lowest BCUT2D eigenvalue weighted by molar-refractivity contribution is 0.103. The number of carbonyl (C=O) groups is 1. The number of rotatable bonds is 4. The average Bonchev–Trinajstić information content (AvgIpc) is 2.40. The van der Waals surface area contributed by atoms with Crippen molar-refractivity contribution < 1.29 is 13.9 Å². The van der Waals surface area contributed by atoms with Crippen LogP contribution in [0.25, 0.3) is 0 Å². The van der Waals surface area contributed by atoms with E-state index in [9.17, 15) is 9.18 Å². The fourth-order valence-corrected chi connectivity index (χ4v) is 1.97. The van der Waals surface area contributed by atoms with E-state index in [0.29, 0.717) is 16.9 Å². The fraction of sp³-hybridized carbons (Fsp3) is 0.188. The Labute approximate surface area is 122 Å². The van der Waals surface area contributed by atoms with E-state index in [1.54, 1.807) is 24.3 Å². The molecule has 4 heteroatoms. The quantitative estimate of drug-likeness (QED) is 0.776. The summed E-state index contributed by atoms with van der Waals surface area (Å²) in [6.07, 6.45) is 0.0283. The van der Waals surface area contributed by atoms with Crippen molar-refractivity contribution in [1.29, 1.82) is 0 Å². The molecule has 0 fully saturated rings. The van der Waals surface area contributed by atoms with Crippen LogP contribution >= 0.6 is 11.6 Å². The molecule has 0 aliphatic carbocycles. The predicted molar refractivity (Wildman–Crippen MR) is 77.0 cm³/mol. The van der Waals surface area contributed by atoms with Crippen LogP contribution in [0.15, 0.2) is 42.5 Å². The van der Waals surface area contributed by atoms with Crippen LogP contribution in [0, 0.1) is 5.82 Å². The first-order chi connectivity index (χ1) is 9.47. The van der Waals surface area contributed by atoms with Crippen LogP contribution < -0.4 is 4.74 Å². The van der Waals surface area contributed by atoms with Crippen molar-refractivity contribution in [2.75, 3.05) is 0 Å². The molecule has 2 rings (SSSR count). The molecule has 0 saturated carbocycles. The van der Waals surface area contributed by atoms with E-state index in [0.717, 1.165) is 0 Å². The molecule has 0 saturated heterocycles. The monoisotopic (exact) mass is 292 g/mol. The molecular formula is C16H14ClFO2. The van der Waals surface area contributed by atoms with Gasteiger partial charge in [-0.05, 0) is 44.2 Å². The van der Waals surface area contributed by atoms with Gasteiger partial charge < -0.3 is 4.74 Å². The van der Waals surface area contributed by atoms with Crippen molar-refractivity contribution in [2.45, 2.75) is 20.0 Å². The number of hydrogen-bond donors (Lipinski definition) is 0. The largest absolute Gasteiger partial charge is 0.491 e. The maximum absolute atomic E-state index is 13.1. The first-order valence-corrected chi connectivity index (χ1v) is 6.61. The Balaban J connectivity index is 2.30. The first-order valence-electron chi connectivity index (χ1n) is 6.24. The van der Waals surface area contributed by atoms with Gasteiger partial charge in [0.1, 0.15) is 11.6 Å². The maximum Gasteiger partial charge on any atom is 0.193 e. The van der Waals surface area contributed by atoms with Gasteiger partial charge in [0, 0.05) is 11.1 Å². The highest BCUT2D eigenvalue weighted by Gasteiger charge is 2.12. The summed E-state index contributed by atoms with van der Waals surface area (Å²) in [5, 5.41) is -0.0644.